The molecule has 0 unspecified atom stereocenters. The van der Waals surface area contributed by atoms with E-state index in [9.17, 15) is 8.78 Å². The second kappa shape index (κ2) is 2.31. The summed E-state index contributed by atoms with van der Waals surface area (Å²) in [5.74, 6) is -3.03. The summed E-state index contributed by atoms with van der Waals surface area (Å²) >= 11 is 0. The van der Waals surface area contributed by atoms with E-state index in [0.29, 0.717) is 13.1 Å². The van der Waals surface area contributed by atoms with Gasteiger partial charge < -0.3 is 5.32 Å². The van der Waals surface area contributed by atoms with Crippen LogP contribution in [0.15, 0.2) is 0 Å². The predicted molar refractivity (Wildman–Crippen MR) is 36.7 cm³/mol. The molecule has 0 spiro atoms. The largest absolute Gasteiger partial charge is 0.316 e. The van der Waals surface area contributed by atoms with Crippen LogP contribution in [0.3, 0.4) is 0 Å². The third kappa shape index (κ3) is 0.839. The third-order valence-electron chi connectivity index (χ3n) is 2.44. The van der Waals surface area contributed by atoms with Crippen LogP contribution in [0.1, 0.15) is 6.42 Å². The molecule has 60 valence electrons. The van der Waals surface area contributed by atoms with Crippen LogP contribution in [-0.2, 0) is 0 Å². The van der Waals surface area contributed by atoms with E-state index in [-0.39, 0.29) is 24.2 Å². The molecule has 2 aliphatic heterocycles. The molecule has 0 radical (unpaired) electrons. The summed E-state index contributed by atoms with van der Waals surface area (Å²) in [6.45, 7) is 1.03. The maximum atomic E-state index is 12.6. The quantitative estimate of drug-likeness (QED) is 0.576. The maximum Gasteiger partial charge on any atom is 0.256 e. The molecule has 4 heteroatoms. The molecule has 1 nitrogen and oxygen atoms in total. The van der Waals surface area contributed by atoms with Gasteiger partial charge in [0.2, 0.25) is 0 Å². The van der Waals surface area contributed by atoms with Gasteiger partial charge in [0.25, 0.3) is 5.92 Å². The Labute approximate surface area is 64.6 Å². The van der Waals surface area contributed by atoms with E-state index in [1.165, 1.54) is 0 Å². The number of hydrogen-bond acceptors (Lipinski definition) is 1. The van der Waals surface area contributed by atoms with Crippen molar-refractivity contribution < 1.29 is 8.78 Å². The molecule has 1 aliphatic carbocycles. The first kappa shape index (κ1) is 8.21. The highest BCUT2D eigenvalue weighted by Crippen LogP contribution is 2.50. The van der Waals surface area contributed by atoms with Crippen molar-refractivity contribution in [3.05, 3.63) is 0 Å². The maximum absolute atomic E-state index is 12.6. The van der Waals surface area contributed by atoms with Crippen LogP contribution in [0.2, 0.25) is 0 Å². The van der Waals surface area contributed by atoms with Gasteiger partial charge in [-0.05, 0) is 6.42 Å². The van der Waals surface area contributed by atoms with Gasteiger partial charge in [-0.25, -0.2) is 8.78 Å². The molecule has 10 heavy (non-hydrogen) atoms. The van der Waals surface area contributed by atoms with Gasteiger partial charge in [0.15, 0.2) is 0 Å². The molecule has 3 aliphatic rings. The first-order valence-electron chi connectivity index (χ1n) is 3.30. The van der Waals surface area contributed by atoms with Crippen LogP contribution in [0.4, 0.5) is 8.78 Å². The number of nitrogens with one attached hydrogen (secondary N) is 1. The fourth-order valence-corrected chi connectivity index (χ4v) is 1.70. The summed E-state index contributed by atoms with van der Waals surface area (Å²) < 4.78 is 25.2. The summed E-state index contributed by atoms with van der Waals surface area (Å²) in [7, 11) is 0. The molecule has 1 saturated carbocycles. The molecule has 3 fully saturated rings. The van der Waals surface area contributed by atoms with E-state index in [4.69, 9.17) is 0 Å². The molecule has 2 atom stereocenters. The van der Waals surface area contributed by atoms with Crippen molar-refractivity contribution in [1.82, 2.24) is 5.32 Å². The second-order valence-corrected chi connectivity index (χ2v) is 2.96. The Morgan fingerprint density at radius 2 is 1.70 bits per heavy atom. The molecule has 2 heterocycles. The molecular formula is C6H10ClF2N. The first-order chi connectivity index (χ1) is 4.21. The van der Waals surface area contributed by atoms with Crippen molar-refractivity contribution in [3.63, 3.8) is 0 Å². The molecule has 0 aromatic rings. The van der Waals surface area contributed by atoms with E-state index in [0.717, 1.165) is 6.42 Å². The zero-order valence-corrected chi connectivity index (χ0v) is 6.26. The normalized spacial score (nSPS) is 41.4. The smallest absolute Gasteiger partial charge is 0.256 e. The van der Waals surface area contributed by atoms with Crippen molar-refractivity contribution >= 4 is 12.4 Å². The molecule has 1 N–H and O–H groups in total. The molecule has 2 saturated heterocycles. The van der Waals surface area contributed by atoms with Crippen molar-refractivity contribution in [2.45, 2.75) is 12.3 Å². The van der Waals surface area contributed by atoms with Crippen LogP contribution >= 0.6 is 12.4 Å². The Kier molecular flexibility index (Phi) is 1.90. The lowest BCUT2D eigenvalue weighted by atomic mass is 9.68. The van der Waals surface area contributed by atoms with Crippen molar-refractivity contribution in [2.24, 2.45) is 11.8 Å². The molecule has 0 amide bonds. The van der Waals surface area contributed by atoms with E-state index in [2.05, 4.69) is 5.32 Å². The van der Waals surface area contributed by atoms with E-state index in [1.807, 2.05) is 0 Å². The summed E-state index contributed by atoms with van der Waals surface area (Å²) in [5.41, 5.74) is 0. The van der Waals surface area contributed by atoms with Crippen LogP contribution in [0.25, 0.3) is 0 Å². The first-order valence-corrected chi connectivity index (χ1v) is 3.30. The van der Waals surface area contributed by atoms with Crippen LogP contribution in [0, 0.1) is 11.8 Å². The number of fused-ring (bicyclic) bond motifs is 2. The molecule has 0 aromatic heterocycles. The Hall–Kier alpha value is 0.110. The molecular weight excluding hydrogens is 160 g/mol. The summed E-state index contributed by atoms with van der Waals surface area (Å²) in [6.07, 6.45) is 0.736. The van der Waals surface area contributed by atoms with Crippen LogP contribution in [-0.4, -0.2) is 19.0 Å². The molecule has 2 bridgehead atoms. The number of hydrogen-bond donors (Lipinski definition) is 1. The van der Waals surface area contributed by atoms with E-state index in [1.54, 1.807) is 0 Å². The Morgan fingerprint density at radius 3 is 1.90 bits per heavy atom. The van der Waals surface area contributed by atoms with Gasteiger partial charge in [0.05, 0.1) is 0 Å². The van der Waals surface area contributed by atoms with Crippen LogP contribution < -0.4 is 5.32 Å². The lowest BCUT2D eigenvalue weighted by molar-refractivity contribution is -0.200. The Balaban J connectivity index is 0.000000500. The van der Waals surface area contributed by atoms with Gasteiger partial charge in [-0.15, -0.1) is 12.4 Å². The SMILES string of the molecule is Cl.FC1(F)[C@@H]2CNC[C@H]1C2. The van der Waals surface area contributed by atoms with E-state index >= 15 is 0 Å². The van der Waals surface area contributed by atoms with Crippen molar-refractivity contribution in [3.8, 4) is 0 Å². The highest BCUT2D eigenvalue weighted by atomic mass is 35.5. The third-order valence-corrected chi connectivity index (χ3v) is 2.44. The van der Waals surface area contributed by atoms with Crippen molar-refractivity contribution in [2.75, 3.05) is 13.1 Å². The lowest BCUT2D eigenvalue weighted by Crippen LogP contribution is -2.61. The van der Waals surface area contributed by atoms with Gasteiger partial charge in [0, 0.05) is 24.9 Å². The topological polar surface area (TPSA) is 12.0 Å². The summed E-state index contributed by atoms with van der Waals surface area (Å²) in [6, 6.07) is 0. The fourth-order valence-electron chi connectivity index (χ4n) is 1.70. The van der Waals surface area contributed by atoms with Gasteiger partial charge in [-0.1, -0.05) is 0 Å². The summed E-state index contributed by atoms with van der Waals surface area (Å²) in [5, 5.41) is 2.96. The zero-order chi connectivity index (χ0) is 6.48. The highest BCUT2D eigenvalue weighted by Gasteiger charge is 2.58. The molecule has 0 aromatic carbocycles. The highest BCUT2D eigenvalue weighted by molar-refractivity contribution is 5.85. The Bertz CT molecular complexity index is 124. The summed E-state index contributed by atoms with van der Waals surface area (Å²) in [4.78, 5) is 0. The second-order valence-electron chi connectivity index (χ2n) is 2.96. The van der Waals surface area contributed by atoms with Gasteiger partial charge in [-0.3, -0.25) is 0 Å². The predicted octanol–water partition coefficient (Wildman–Crippen LogP) is 1.28. The monoisotopic (exact) mass is 169 g/mol. The lowest BCUT2D eigenvalue weighted by Gasteiger charge is -2.49. The number of rotatable bonds is 0. The van der Waals surface area contributed by atoms with Gasteiger partial charge in [-0.2, -0.15) is 0 Å². The average molecular weight is 170 g/mol. The molecule has 3 rings (SSSR count). The average Bonchev–Trinajstić information content (AvgIpc) is 1.89. The standard InChI is InChI=1S/C6H9F2N.ClH/c7-6(8)4-1-5(6)3-9-2-4;/h4-5,9H,1-3H2;1H/t4-,5+;. The minimum absolute atomic E-state index is 0. The number of alkyl halides is 2. The van der Waals surface area contributed by atoms with E-state index < -0.39 is 5.92 Å². The zero-order valence-electron chi connectivity index (χ0n) is 5.44. The van der Waals surface area contributed by atoms with Crippen molar-refractivity contribution in [1.29, 1.82) is 0 Å². The van der Waals surface area contributed by atoms with Gasteiger partial charge >= 0.3 is 0 Å². The minimum Gasteiger partial charge on any atom is -0.316 e. The Morgan fingerprint density at radius 1 is 1.20 bits per heavy atom. The van der Waals surface area contributed by atoms with Gasteiger partial charge in [0.1, 0.15) is 0 Å². The minimum atomic E-state index is -2.33. The number of piperidine rings is 2. The fraction of sp³-hybridized carbons (Fsp3) is 1.00. The van der Waals surface area contributed by atoms with Crippen LogP contribution in [0.5, 0.6) is 0 Å². The number of halogens is 3.